The van der Waals surface area contributed by atoms with Crippen LogP contribution in [0.5, 0.6) is 5.75 Å². The molecule has 3 heterocycles. The average Bonchev–Trinajstić information content (AvgIpc) is 3.03. The van der Waals surface area contributed by atoms with Gasteiger partial charge in [0.2, 0.25) is 5.60 Å². The van der Waals surface area contributed by atoms with Crippen molar-refractivity contribution in [1.82, 2.24) is 9.88 Å². The highest BCUT2D eigenvalue weighted by molar-refractivity contribution is 5.90. The summed E-state index contributed by atoms with van der Waals surface area (Å²) in [6.45, 7) is 0.831. The Labute approximate surface area is 179 Å². The number of pyridine rings is 1. The summed E-state index contributed by atoms with van der Waals surface area (Å²) >= 11 is 0. The van der Waals surface area contributed by atoms with Crippen LogP contribution in [0, 0.1) is 11.8 Å². The summed E-state index contributed by atoms with van der Waals surface area (Å²) in [5, 5.41) is 10.5. The number of hydrogen-bond donors (Lipinski definition) is 1. The van der Waals surface area contributed by atoms with Crippen molar-refractivity contribution in [2.45, 2.75) is 24.2 Å². The Morgan fingerprint density at radius 3 is 2.87 bits per heavy atom. The molecule has 2 aliphatic heterocycles. The number of ether oxygens (including phenoxy) is 3. The largest absolute Gasteiger partial charge is 0.482 e. The van der Waals surface area contributed by atoms with Gasteiger partial charge < -0.3 is 24.2 Å². The minimum Gasteiger partial charge on any atom is -0.482 e. The first-order valence-electron chi connectivity index (χ1n) is 9.84. The van der Waals surface area contributed by atoms with Gasteiger partial charge in [-0.2, -0.15) is 0 Å². The Hall–Kier alpha value is -3.41. The van der Waals surface area contributed by atoms with E-state index < -0.39 is 11.6 Å². The molecule has 2 saturated heterocycles. The van der Waals surface area contributed by atoms with Gasteiger partial charge in [-0.05, 0) is 29.8 Å². The van der Waals surface area contributed by atoms with E-state index in [4.69, 9.17) is 14.2 Å². The van der Waals surface area contributed by atoms with E-state index in [1.807, 2.05) is 18.2 Å². The van der Waals surface area contributed by atoms with Gasteiger partial charge in [0.25, 0.3) is 5.91 Å². The van der Waals surface area contributed by atoms with E-state index in [-0.39, 0.29) is 30.2 Å². The smallest absolute Gasteiger partial charge is 0.360 e. The van der Waals surface area contributed by atoms with Crippen LogP contribution in [0.4, 0.5) is 0 Å². The minimum absolute atomic E-state index is 0.106. The van der Waals surface area contributed by atoms with Gasteiger partial charge in [0, 0.05) is 31.8 Å². The lowest BCUT2D eigenvalue weighted by atomic mass is 9.97. The van der Waals surface area contributed by atoms with Crippen molar-refractivity contribution >= 4 is 11.9 Å². The number of carbonyl (C=O) groups excluding carboxylic acids is 2. The van der Waals surface area contributed by atoms with E-state index in [0.29, 0.717) is 24.5 Å². The molecule has 0 radical (unpaired) electrons. The lowest BCUT2D eigenvalue weighted by Crippen LogP contribution is -2.42. The Morgan fingerprint density at radius 2 is 2.19 bits per heavy atom. The maximum absolute atomic E-state index is 12.1. The Balaban J connectivity index is 1.50. The van der Waals surface area contributed by atoms with Gasteiger partial charge in [-0.3, -0.25) is 4.79 Å². The molecular weight excluding hydrogens is 400 g/mol. The highest BCUT2D eigenvalue weighted by Gasteiger charge is 2.42. The molecule has 1 amide bonds. The molecule has 160 valence electrons. The number of aromatic nitrogens is 1. The Bertz CT molecular complexity index is 1070. The van der Waals surface area contributed by atoms with Gasteiger partial charge in [-0.1, -0.05) is 24.0 Å². The van der Waals surface area contributed by atoms with E-state index in [2.05, 4.69) is 16.8 Å². The number of aliphatic hydroxyl groups is 1. The van der Waals surface area contributed by atoms with Crippen LogP contribution in [-0.2, 0) is 14.3 Å². The number of likely N-dealkylation sites (tertiary alicyclic amines) is 1. The van der Waals surface area contributed by atoms with Gasteiger partial charge in [0.05, 0.1) is 13.7 Å². The molecule has 2 unspecified atom stereocenters. The Kier molecular flexibility index (Phi) is 5.63. The summed E-state index contributed by atoms with van der Waals surface area (Å²) in [6, 6.07) is 10.7. The molecule has 31 heavy (non-hydrogen) atoms. The second-order valence-electron chi connectivity index (χ2n) is 7.46. The van der Waals surface area contributed by atoms with Crippen LogP contribution in [0.25, 0.3) is 0 Å². The van der Waals surface area contributed by atoms with Crippen molar-refractivity contribution in [3.63, 3.8) is 0 Å². The molecule has 8 heteroatoms. The summed E-state index contributed by atoms with van der Waals surface area (Å²) in [7, 11) is 2.93. The molecule has 2 aromatic rings. The number of esters is 1. The lowest BCUT2D eigenvalue weighted by molar-refractivity contribution is -0.153. The molecule has 2 aliphatic rings. The fraction of sp³-hybridized carbons (Fsp3) is 0.348. The fourth-order valence-electron chi connectivity index (χ4n) is 3.52. The lowest BCUT2D eigenvalue weighted by Gasteiger charge is -2.37. The molecule has 0 spiro atoms. The van der Waals surface area contributed by atoms with Gasteiger partial charge in [0.1, 0.15) is 6.10 Å². The number of benzene rings is 1. The quantitative estimate of drug-likeness (QED) is 0.586. The van der Waals surface area contributed by atoms with Crippen LogP contribution in [-0.4, -0.2) is 65.9 Å². The summed E-state index contributed by atoms with van der Waals surface area (Å²) in [5.74, 6) is 4.99. The molecule has 4 rings (SSSR count). The Morgan fingerprint density at radius 1 is 1.35 bits per heavy atom. The molecule has 2 fully saturated rings. The zero-order valence-corrected chi connectivity index (χ0v) is 17.2. The molecule has 1 N–H and O–H groups in total. The second-order valence-corrected chi connectivity index (χ2v) is 7.46. The first-order chi connectivity index (χ1) is 14.9. The normalized spacial score (nSPS) is 24.7. The summed E-state index contributed by atoms with van der Waals surface area (Å²) in [4.78, 5) is 29.5. The third kappa shape index (κ3) is 4.10. The van der Waals surface area contributed by atoms with E-state index in [1.165, 1.54) is 18.2 Å². The summed E-state index contributed by atoms with van der Waals surface area (Å²) in [6.07, 6.45) is 1.11. The van der Waals surface area contributed by atoms with Crippen LogP contribution in [0.2, 0.25) is 0 Å². The molecule has 8 nitrogen and oxygen atoms in total. The van der Waals surface area contributed by atoms with E-state index in [1.54, 1.807) is 25.2 Å². The van der Waals surface area contributed by atoms with Crippen LogP contribution in [0.1, 0.15) is 34.1 Å². The van der Waals surface area contributed by atoms with E-state index in [0.717, 1.165) is 5.56 Å². The number of hydrogen-bond acceptors (Lipinski definition) is 7. The zero-order valence-electron chi connectivity index (χ0n) is 17.2. The molecule has 3 atom stereocenters. The summed E-state index contributed by atoms with van der Waals surface area (Å²) < 4.78 is 16.4. The van der Waals surface area contributed by atoms with Gasteiger partial charge in [0.15, 0.2) is 17.5 Å². The maximum Gasteiger partial charge on any atom is 0.360 e. The van der Waals surface area contributed by atoms with Gasteiger partial charge >= 0.3 is 5.97 Å². The van der Waals surface area contributed by atoms with Crippen LogP contribution < -0.4 is 4.74 Å². The minimum atomic E-state index is -1.64. The van der Waals surface area contributed by atoms with Crippen molar-refractivity contribution in [2.75, 3.05) is 27.3 Å². The molecule has 0 bridgehead atoms. The monoisotopic (exact) mass is 422 g/mol. The summed E-state index contributed by atoms with van der Waals surface area (Å²) in [5.41, 5.74) is -0.0455. The van der Waals surface area contributed by atoms with Crippen LogP contribution in [0.15, 0.2) is 42.6 Å². The van der Waals surface area contributed by atoms with Crippen molar-refractivity contribution in [3.8, 4) is 17.6 Å². The van der Waals surface area contributed by atoms with E-state index >= 15 is 0 Å². The molecule has 0 saturated carbocycles. The molecule has 0 aliphatic carbocycles. The van der Waals surface area contributed by atoms with E-state index in [9.17, 15) is 14.7 Å². The first kappa shape index (κ1) is 20.8. The number of nitrogens with zero attached hydrogens (tertiary/aromatic N) is 2. The number of likely N-dealkylation sites (N-methyl/N-ethyl adjacent to an activating group) is 1. The highest BCUT2D eigenvalue weighted by Crippen LogP contribution is 2.34. The van der Waals surface area contributed by atoms with Crippen molar-refractivity contribution in [1.29, 1.82) is 0 Å². The van der Waals surface area contributed by atoms with Gasteiger partial charge in [-0.25, -0.2) is 9.78 Å². The predicted octanol–water partition coefficient (Wildman–Crippen LogP) is 1.33. The third-order valence-electron chi connectivity index (χ3n) is 5.34. The number of methoxy groups -OCH3 is 1. The third-order valence-corrected chi connectivity index (χ3v) is 5.34. The van der Waals surface area contributed by atoms with Crippen molar-refractivity contribution in [2.24, 2.45) is 0 Å². The SMILES string of the molecule is COC(=O)c1ncccc1OC1COC1c1cccc(C#C[C@]2(O)CCN(C)C2=O)c1. The van der Waals surface area contributed by atoms with Crippen molar-refractivity contribution < 1.29 is 28.9 Å². The number of carbonyl (C=O) groups is 2. The molecule has 1 aromatic carbocycles. The maximum atomic E-state index is 12.1. The predicted molar refractivity (Wildman–Crippen MR) is 109 cm³/mol. The fourth-order valence-corrected chi connectivity index (χ4v) is 3.52. The highest BCUT2D eigenvalue weighted by atomic mass is 16.6. The van der Waals surface area contributed by atoms with Gasteiger partial charge in [-0.15, -0.1) is 0 Å². The molecular formula is C23H22N2O6. The molecule has 1 aromatic heterocycles. The average molecular weight is 422 g/mol. The zero-order chi connectivity index (χ0) is 22.0. The standard InChI is InChI=1S/C23H22N2O6/c1-25-12-10-23(28,22(25)27)9-8-15-5-3-6-16(13-15)20-18(14-30-20)31-17-7-4-11-24-19(17)21(26)29-2/h3-7,11,13,18,20,28H,10,12,14H2,1-2H3/t18?,20?,23-/m0/s1. The topological polar surface area (TPSA) is 98.2 Å². The number of rotatable bonds is 4. The number of amides is 1. The first-order valence-corrected chi connectivity index (χ1v) is 9.84. The van der Waals surface area contributed by atoms with Crippen LogP contribution >= 0.6 is 0 Å². The van der Waals surface area contributed by atoms with Crippen molar-refractivity contribution in [3.05, 3.63) is 59.4 Å². The second kappa shape index (κ2) is 8.38. The van der Waals surface area contributed by atoms with Crippen LogP contribution in [0.3, 0.4) is 0 Å².